The van der Waals surface area contributed by atoms with E-state index in [0.29, 0.717) is 15.6 Å². The molecule has 1 aromatic rings. The second-order valence-electron chi connectivity index (χ2n) is 6.84. The Morgan fingerprint density at radius 2 is 1.91 bits per heavy atom. The lowest BCUT2D eigenvalue weighted by Gasteiger charge is -2.33. The van der Waals surface area contributed by atoms with E-state index in [0.717, 1.165) is 0 Å². The minimum Gasteiger partial charge on any atom is -0.465 e. The van der Waals surface area contributed by atoms with Crippen molar-refractivity contribution in [3.63, 3.8) is 0 Å². The number of rotatable bonds is 1. The Kier molecular flexibility index (Phi) is 5.46. The molecule has 3 unspecified atom stereocenters. The molecule has 7 heteroatoms. The second kappa shape index (κ2) is 6.85. The highest BCUT2D eigenvalue weighted by atomic mass is 35.5. The third-order valence-corrected chi connectivity index (χ3v) is 4.70. The lowest BCUT2D eigenvalue weighted by atomic mass is 9.88. The van der Waals surface area contributed by atoms with Crippen LogP contribution in [0, 0.1) is 5.41 Å². The zero-order chi connectivity index (χ0) is 17.4. The fraction of sp³-hybridized carbons (Fsp3) is 0.562. The molecule has 1 fully saturated rings. The lowest BCUT2D eigenvalue weighted by molar-refractivity contribution is -0.0959. The molecule has 2 N–H and O–H groups in total. The minimum atomic E-state index is -1.07. The third kappa shape index (κ3) is 4.29. The zero-order valence-electron chi connectivity index (χ0n) is 13.3. The van der Waals surface area contributed by atoms with Gasteiger partial charge < -0.3 is 19.8 Å². The van der Waals surface area contributed by atoms with Crippen molar-refractivity contribution < 1.29 is 19.7 Å². The number of aliphatic hydroxyl groups excluding tert-OH is 1. The van der Waals surface area contributed by atoms with E-state index in [2.05, 4.69) is 0 Å². The Labute approximate surface area is 145 Å². The SMILES string of the molecule is CC(C)(C)C1CN(C(=O)O)CC(O)C(c2ccc(Cl)c(Cl)c2)O1. The van der Waals surface area contributed by atoms with Crippen LogP contribution in [0.1, 0.15) is 32.4 Å². The van der Waals surface area contributed by atoms with Gasteiger partial charge in [-0.15, -0.1) is 0 Å². The Hall–Kier alpha value is -1.01. The van der Waals surface area contributed by atoms with Crippen molar-refractivity contribution in [3.05, 3.63) is 33.8 Å². The number of β-amino-alcohol motifs (C(OH)–C–C–N with tert-alkyl or cyclic N) is 1. The van der Waals surface area contributed by atoms with Crippen molar-refractivity contribution >= 4 is 29.3 Å². The Balaban J connectivity index is 2.37. The van der Waals surface area contributed by atoms with Gasteiger partial charge in [0.1, 0.15) is 12.2 Å². The molecule has 0 spiro atoms. The van der Waals surface area contributed by atoms with Crippen molar-refractivity contribution in [2.45, 2.75) is 39.1 Å². The summed E-state index contributed by atoms with van der Waals surface area (Å²) in [6.45, 7) is 6.10. The van der Waals surface area contributed by atoms with Crippen LogP contribution in [0.25, 0.3) is 0 Å². The summed E-state index contributed by atoms with van der Waals surface area (Å²) < 4.78 is 6.09. The van der Waals surface area contributed by atoms with Gasteiger partial charge in [0.05, 0.1) is 29.2 Å². The van der Waals surface area contributed by atoms with E-state index < -0.39 is 18.3 Å². The summed E-state index contributed by atoms with van der Waals surface area (Å²) in [4.78, 5) is 12.6. The van der Waals surface area contributed by atoms with Crippen LogP contribution >= 0.6 is 23.2 Å². The monoisotopic (exact) mass is 361 g/mol. The normalized spacial score (nSPS) is 26.0. The molecule has 1 amide bonds. The molecule has 2 rings (SSSR count). The molecule has 1 aromatic carbocycles. The lowest BCUT2D eigenvalue weighted by Crippen LogP contribution is -2.42. The van der Waals surface area contributed by atoms with E-state index in [1.54, 1.807) is 18.2 Å². The number of carbonyl (C=O) groups is 1. The molecule has 3 atom stereocenters. The van der Waals surface area contributed by atoms with Crippen molar-refractivity contribution in [2.24, 2.45) is 5.41 Å². The van der Waals surface area contributed by atoms with E-state index in [9.17, 15) is 15.0 Å². The smallest absolute Gasteiger partial charge is 0.407 e. The van der Waals surface area contributed by atoms with Crippen molar-refractivity contribution in [3.8, 4) is 0 Å². The molecule has 0 aliphatic carbocycles. The number of halogens is 2. The Morgan fingerprint density at radius 3 is 2.43 bits per heavy atom. The van der Waals surface area contributed by atoms with Crippen LogP contribution in [0.3, 0.4) is 0 Å². The van der Waals surface area contributed by atoms with Crippen LogP contribution in [0.15, 0.2) is 18.2 Å². The summed E-state index contributed by atoms with van der Waals surface area (Å²) in [6.07, 6.45) is -3.10. The molecular weight excluding hydrogens is 341 g/mol. The topological polar surface area (TPSA) is 70.0 Å². The number of nitrogens with zero attached hydrogens (tertiary/aromatic N) is 1. The van der Waals surface area contributed by atoms with E-state index in [-0.39, 0.29) is 24.6 Å². The van der Waals surface area contributed by atoms with E-state index in [4.69, 9.17) is 27.9 Å². The number of ether oxygens (including phenoxy) is 1. The fourth-order valence-electron chi connectivity index (χ4n) is 2.53. The van der Waals surface area contributed by atoms with Crippen LogP contribution in [0.2, 0.25) is 10.0 Å². The number of carboxylic acid groups (broad SMARTS) is 1. The van der Waals surface area contributed by atoms with Crippen LogP contribution in [-0.2, 0) is 4.74 Å². The zero-order valence-corrected chi connectivity index (χ0v) is 14.8. The van der Waals surface area contributed by atoms with Gasteiger partial charge in [0, 0.05) is 0 Å². The average molecular weight is 362 g/mol. The summed E-state index contributed by atoms with van der Waals surface area (Å²) in [5.41, 5.74) is 0.389. The molecule has 5 nitrogen and oxygen atoms in total. The quantitative estimate of drug-likeness (QED) is 0.797. The van der Waals surface area contributed by atoms with Gasteiger partial charge in [-0.2, -0.15) is 0 Å². The second-order valence-corrected chi connectivity index (χ2v) is 7.65. The molecule has 1 heterocycles. The molecule has 23 heavy (non-hydrogen) atoms. The van der Waals surface area contributed by atoms with Crippen LogP contribution < -0.4 is 0 Å². The summed E-state index contributed by atoms with van der Waals surface area (Å²) in [7, 11) is 0. The van der Waals surface area contributed by atoms with E-state index in [1.165, 1.54) is 4.90 Å². The first-order chi connectivity index (χ1) is 10.6. The number of benzene rings is 1. The van der Waals surface area contributed by atoms with Gasteiger partial charge in [-0.3, -0.25) is 0 Å². The summed E-state index contributed by atoms with van der Waals surface area (Å²) in [6, 6.07) is 5.02. The van der Waals surface area contributed by atoms with Gasteiger partial charge in [0.15, 0.2) is 0 Å². The number of hydrogen-bond acceptors (Lipinski definition) is 3. The first-order valence-corrected chi connectivity index (χ1v) is 8.11. The first-order valence-electron chi connectivity index (χ1n) is 7.36. The largest absolute Gasteiger partial charge is 0.465 e. The molecule has 1 aliphatic heterocycles. The third-order valence-electron chi connectivity index (χ3n) is 3.96. The Bertz CT molecular complexity index is 588. The number of amides is 1. The van der Waals surface area contributed by atoms with Crippen molar-refractivity contribution in [1.82, 2.24) is 4.90 Å². The number of aliphatic hydroxyl groups is 1. The highest BCUT2D eigenvalue weighted by Gasteiger charge is 2.39. The average Bonchev–Trinajstić information content (AvgIpc) is 2.61. The van der Waals surface area contributed by atoms with Gasteiger partial charge >= 0.3 is 6.09 Å². The van der Waals surface area contributed by atoms with Gasteiger partial charge in [-0.05, 0) is 23.1 Å². The molecule has 1 saturated heterocycles. The maximum absolute atomic E-state index is 11.4. The molecule has 0 saturated carbocycles. The summed E-state index contributed by atoms with van der Waals surface area (Å²) in [5, 5.41) is 20.6. The van der Waals surface area contributed by atoms with E-state index in [1.807, 2.05) is 20.8 Å². The van der Waals surface area contributed by atoms with Crippen molar-refractivity contribution in [2.75, 3.05) is 13.1 Å². The summed E-state index contributed by atoms with van der Waals surface area (Å²) in [5.74, 6) is 0. The fourth-order valence-corrected chi connectivity index (χ4v) is 2.84. The predicted octanol–water partition coefficient (Wildman–Crippen LogP) is 3.82. The van der Waals surface area contributed by atoms with Crippen LogP contribution in [0.4, 0.5) is 4.79 Å². The first kappa shape index (κ1) is 18.3. The van der Waals surface area contributed by atoms with Gasteiger partial charge in [0.25, 0.3) is 0 Å². The maximum atomic E-state index is 11.4. The van der Waals surface area contributed by atoms with Crippen LogP contribution in [0.5, 0.6) is 0 Å². The molecule has 0 radical (unpaired) electrons. The number of hydrogen-bond donors (Lipinski definition) is 2. The van der Waals surface area contributed by atoms with Gasteiger partial charge in [0.2, 0.25) is 0 Å². The minimum absolute atomic E-state index is 0.0210. The highest BCUT2D eigenvalue weighted by Crippen LogP contribution is 2.35. The summed E-state index contributed by atoms with van der Waals surface area (Å²) >= 11 is 12.0. The molecule has 1 aliphatic rings. The molecule has 128 valence electrons. The maximum Gasteiger partial charge on any atom is 0.407 e. The van der Waals surface area contributed by atoms with E-state index >= 15 is 0 Å². The molecule has 0 bridgehead atoms. The van der Waals surface area contributed by atoms with Gasteiger partial charge in [-0.1, -0.05) is 50.0 Å². The molecule has 0 aromatic heterocycles. The van der Waals surface area contributed by atoms with Crippen LogP contribution in [-0.4, -0.2) is 46.5 Å². The van der Waals surface area contributed by atoms with Gasteiger partial charge in [-0.25, -0.2) is 4.79 Å². The van der Waals surface area contributed by atoms with Crippen molar-refractivity contribution in [1.29, 1.82) is 0 Å². The highest BCUT2D eigenvalue weighted by molar-refractivity contribution is 6.42. The standard InChI is InChI=1S/C16H21Cl2NO4/c1-16(2,3)13-8-19(15(21)22)7-12(20)14(23-13)9-4-5-10(17)11(18)6-9/h4-6,12-14,20H,7-8H2,1-3H3,(H,21,22). The predicted molar refractivity (Wildman–Crippen MR) is 89.1 cm³/mol. The molecular formula is C16H21Cl2NO4. The Morgan fingerprint density at radius 1 is 1.26 bits per heavy atom.